The van der Waals surface area contributed by atoms with E-state index in [2.05, 4.69) is 5.32 Å². The second kappa shape index (κ2) is 8.82. The smallest absolute Gasteiger partial charge is 0.251 e. The Morgan fingerprint density at radius 2 is 1.83 bits per heavy atom. The van der Waals surface area contributed by atoms with Crippen LogP contribution < -0.4 is 19.5 Å². The molecule has 5 nitrogen and oxygen atoms in total. The molecule has 0 radical (unpaired) electrons. The Bertz CT molecular complexity index is 685. The first-order valence-electron chi connectivity index (χ1n) is 7.90. The average molecular weight is 329 g/mol. The average Bonchev–Trinajstić information content (AvgIpc) is 2.62. The van der Waals surface area contributed by atoms with Crippen LogP contribution >= 0.6 is 0 Å². The zero-order chi connectivity index (χ0) is 17.4. The highest BCUT2D eigenvalue weighted by molar-refractivity contribution is 5.94. The Labute approximate surface area is 142 Å². The molecule has 0 fully saturated rings. The molecule has 24 heavy (non-hydrogen) atoms. The van der Waals surface area contributed by atoms with Crippen LogP contribution in [0.4, 0.5) is 0 Å². The van der Waals surface area contributed by atoms with Crippen LogP contribution in [0, 0.1) is 0 Å². The van der Waals surface area contributed by atoms with Gasteiger partial charge in [0.05, 0.1) is 20.8 Å². The summed E-state index contributed by atoms with van der Waals surface area (Å²) in [7, 11) is 3.21. The Morgan fingerprint density at radius 3 is 2.54 bits per heavy atom. The van der Waals surface area contributed by atoms with Crippen LogP contribution in [-0.2, 0) is 6.42 Å². The van der Waals surface area contributed by atoms with E-state index >= 15 is 0 Å². The molecular weight excluding hydrogens is 306 g/mol. The van der Waals surface area contributed by atoms with Crippen molar-refractivity contribution in [2.45, 2.75) is 13.3 Å². The van der Waals surface area contributed by atoms with Crippen LogP contribution in [0.15, 0.2) is 42.5 Å². The second-order valence-electron chi connectivity index (χ2n) is 5.16. The van der Waals surface area contributed by atoms with Crippen molar-refractivity contribution in [3.63, 3.8) is 0 Å². The van der Waals surface area contributed by atoms with Crippen molar-refractivity contribution in [1.82, 2.24) is 5.32 Å². The highest BCUT2D eigenvalue weighted by atomic mass is 16.5. The lowest BCUT2D eigenvalue weighted by atomic mass is 10.1. The maximum atomic E-state index is 12.2. The monoisotopic (exact) mass is 329 g/mol. The summed E-state index contributed by atoms with van der Waals surface area (Å²) in [5.41, 5.74) is 1.66. The van der Waals surface area contributed by atoms with Gasteiger partial charge in [-0.05, 0) is 49.2 Å². The van der Waals surface area contributed by atoms with Gasteiger partial charge in [0, 0.05) is 12.1 Å². The number of hydrogen-bond donors (Lipinski definition) is 1. The molecule has 0 aliphatic heterocycles. The van der Waals surface area contributed by atoms with E-state index in [9.17, 15) is 4.79 Å². The lowest BCUT2D eigenvalue weighted by Gasteiger charge is -2.10. The highest BCUT2D eigenvalue weighted by Crippen LogP contribution is 2.27. The molecule has 0 saturated heterocycles. The van der Waals surface area contributed by atoms with E-state index < -0.39 is 0 Å². The van der Waals surface area contributed by atoms with Crippen molar-refractivity contribution in [1.29, 1.82) is 0 Å². The summed E-state index contributed by atoms with van der Waals surface area (Å²) in [5.74, 6) is 1.96. The summed E-state index contributed by atoms with van der Waals surface area (Å²) in [6, 6.07) is 12.9. The van der Waals surface area contributed by atoms with Crippen LogP contribution in [0.5, 0.6) is 17.2 Å². The van der Waals surface area contributed by atoms with E-state index in [1.807, 2.05) is 37.3 Å². The number of rotatable bonds is 8. The molecule has 2 rings (SSSR count). The number of amides is 1. The molecule has 1 amide bonds. The van der Waals surface area contributed by atoms with Gasteiger partial charge in [-0.15, -0.1) is 0 Å². The molecule has 0 unspecified atom stereocenters. The molecule has 5 heteroatoms. The van der Waals surface area contributed by atoms with Gasteiger partial charge in [-0.1, -0.05) is 12.1 Å². The van der Waals surface area contributed by atoms with Crippen molar-refractivity contribution in [3.8, 4) is 17.2 Å². The summed E-state index contributed by atoms with van der Waals surface area (Å²) in [6.45, 7) is 3.02. The van der Waals surface area contributed by atoms with Crippen molar-refractivity contribution in [2.75, 3.05) is 27.4 Å². The minimum absolute atomic E-state index is 0.114. The summed E-state index contributed by atoms with van der Waals surface area (Å²) >= 11 is 0. The first kappa shape index (κ1) is 17.7. The summed E-state index contributed by atoms with van der Waals surface area (Å²) < 4.78 is 15.9. The molecule has 128 valence electrons. The number of carbonyl (C=O) groups excluding carboxylic acids is 1. The van der Waals surface area contributed by atoms with Gasteiger partial charge >= 0.3 is 0 Å². The van der Waals surface area contributed by atoms with E-state index in [1.54, 1.807) is 26.4 Å². The van der Waals surface area contributed by atoms with Gasteiger partial charge < -0.3 is 19.5 Å². The molecule has 0 aromatic heterocycles. The van der Waals surface area contributed by atoms with Crippen molar-refractivity contribution in [2.24, 2.45) is 0 Å². The number of benzene rings is 2. The number of carbonyl (C=O) groups is 1. The minimum Gasteiger partial charge on any atom is -0.494 e. The Morgan fingerprint density at radius 1 is 1.04 bits per heavy atom. The highest BCUT2D eigenvalue weighted by Gasteiger charge is 2.08. The summed E-state index contributed by atoms with van der Waals surface area (Å²) in [4.78, 5) is 12.2. The maximum absolute atomic E-state index is 12.2. The van der Waals surface area contributed by atoms with Crippen LogP contribution in [0.1, 0.15) is 22.8 Å². The summed E-state index contributed by atoms with van der Waals surface area (Å²) in [6.07, 6.45) is 0.706. The van der Waals surface area contributed by atoms with Gasteiger partial charge in [0.25, 0.3) is 5.91 Å². The van der Waals surface area contributed by atoms with E-state index in [-0.39, 0.29) is 5.91 Å². The van der Waals surface area contributed by atoms with Crippen LogP contribution in [0.2, 0.25) is 0 Å². The van der Waals surface area contributed by atoms with Crippen molar-refractivity contribution < 1.29 is 19.0 Å². The maximum Gasteiger partial charge on any atom is 0.251 e. The topological polar surface area (TPSA) is 56.8 Å². The molecule has 0 spiro atoms. The van der Waals surface area contributed by atoms with Crippen LogP contribution in [-0.4, -0.2) is 33.3 Å². The lowest BCUT2D eigenvalue weighted by molar-refractivity contribution is 0.0953. The number of nitrogens with one attached hydrogen (secondary N) is 1. The Kier molecular flexibility index (Phi) is 6.49. The quantitative estimate of drug-likeness (QED) is 0.809. The van der Waals surface area contributed by atoms with E-state index in [4.69, 9.17) is 14.2 Å². The second-order valence-corrected chi connectivity index (χ2v) is 5.16. The fraction of sp³-hybridized carbons (Fsp3) is 0.316. The first-order chi connectivity index (χ1) is 11.7. The van der Waals surface area contributed by atoms with Gasteiger partial charge in [0.1, 0.15) is 5.75 Å². The Hall–Kier alpha value is -2.69. The molecule has 2 aromatic carbocycles. The van der Waals surface area contributed by atoms with E-state index in [1.165, 1.54) is 0 Å². The standard InChI is InChI=1S/C19H23NO4/c1-4-24-16-7-5-6-15(13-16)19(21)20-11-10-14-8-9-17(22-2)18(12-14)23-3/h5-9,12-13H,4,10-11H2,1-3H3,(H,20,21). The zero-order valence-corrected chi connectivity index (χ0v) is 14.3. The first-order valence-corrected chi connectivity index (χ1v) is 7.90. The van der Waals surface area contributed by atoms with Gasteiger partial charge in [-0.25, -0.2) is 0 Å². The third kappa shape index (κ3) is 4.65. The fourth-order valence-corrected chi connectivity index (χ4v) is 2.35. The molecule has 0 saturated carbocycles. The predicted molar refractivity (Wildman–Crippen MR) is 93.2 cm³/mol. The molecule has 0 heterocycles. The van der Waals surface area contributed by atoms with E-state index in [0.717, 1.165) is 5.56 Å². The molecular formula is C19H23NO4. The number of hydrogen-bond acceptors (Lipinski definition) is 4. The minimum atomic E-state index is -0.114. The number of ether oxygens (including phenoxy) is 3. The lowest BCUT2D eigenvalue weighted by Crippen LogP contribution is -2.25. The molecule has 1 N–H and O–H groups in total. The largest absolute Gasteiger partial charge is 0.494 e. The van der Waals surface area contributed by atoms with Crippen LogP contribution in [0.25, 0.3) is 0 Å². The molecule has 0 atom stereocenters. The third-order valence-electron chi connectivity index (χ3n) is 3.55. The zero-order valence-electron chi connectivity index (χ0n) is 14.3. The predicted octanol–water partition coefficient (Wildman–Crippen LogP) is 3.08. The fourth-order valence-electron chi connectivity index (χ4n) is 2.35. The molecule has 0 aliphatic carbocycles. The molecule has 2 aromatic rings. The van der Waals surface area contributed by atoms with Crippen molar-refractivity contribution >= 4 is 5.91 Å². The van der Waals surface area contributed by atoms with Gasteiger partial charge in [0.15, 0.2) is 11.5 Å². The van der Waals surface area contributed by atoms with E-state index in [0.29, 0.717) is 42.4 Å². The van der Waals surface area contributed by atoms with Gasteiger partial charge in [0.2, 0.25) is 0 Å². The summed E-state index contributed by atoms with van der Waals surface area (Å²) in [5, 5.41) is 2.92. The van der Waals surface area contributed by atoms with Crippen LogP contribution in [0.3, 0.4) is 0 Å². The van der Waals surface area contributed by atoms with Gasteiger partial charge in [-0.3, -0.25) is 4.79 Å². The molecule has 0 bridgehead atoms. The van der Waals surface area contributed by atoms with Crippen molar-refractivity contribution in [3.05, 3.63) is 53.6 Å². The third-order valence-corrected chi connectivity index (χ3v) is 3.55. The molecule has 0 aliphatic rings. The normalized spacial score (nSPS) is 10.1. The van der Waals surface area contributed by atoms with Gasteiger partial charge in [-0.2, -0.15) is 0 Å². The Balaban J connectivity index is 1.92. The number of methoxy groups -OCH3 is 2. The SMILES string of the molecule is CCOc1cccc(C(=O)NCCc2ccc(OC)c(OC)c2)c1.